The first kappa shape index (κ1) is 21.1. The van der Waals surface area contributed by atoms with Gasteiger partial charge < -0.3 is 4.90 Å². The van der Waals surface area contributed by atoms with Crippen LogP contribution in [0.1, 0.15) is 56.6 Å². The SMILES string of the molecule is CCN(CC)c1ccc([C@H]2C3=C(C[C@H](c4ccccc4)CC3=O)N=C(C)C2C#N)cc1. The molecule has 2 aromatic rings. The first-order valence-electron chi connectivity index (χ1n) is 11.2. The number of nitriles is 1. The fourth-order valence-electron chi connectivity index (χ4n) is 5.03. The summed E-state index contributed by atoms with van der Waals surface area (Å²) in [6.45, 7) is 8.10. The van der Waals surface area contributed by atoms with Gasteiger partial charge in [0.15, 0.2) is 5.78 Å². The monoisotopic (exact) mass is 411 g/mol. The Labute approximate surface area is 184 Å². The number of Topliss-reactive ketones (excluding diaryl/α,β-unsaturated/α-hetero) is 1. The molecule has 0 fully saturated rings. The van der Waals surface area contributed by atoms with E-state index in [9.17, 15) is 10.1 Å². The quantitative estimate of drug-likeness (QED) is 0.640. The van der Waals surface area contributed by atoms with Crippen molar-refractivity contribution in [3.63, 3.8) is 0 Å². The van der Waals surface area contributed by atoms with Gasteiger partial charge in [0.25, 0.3) is 0 Å². The Kier molecular flexibility index (Phi) is 6.04. The fraction of sp³-hybridized carbons (Fsp3) is 0.370. The van der Waals surface area contributed by atoms with Crippen LogP contribution in [0.15, 0.2) is 70.9 Å². The molecule has 2 aromatic carbocycles. The highest BCUT2D eigenvalue weighted by molar-refractivity contribution is 6.03. The molecule has 0 radical (unpaired) electrons. The maximum absolute atomic E-state index is 13.4. The molecule has 158 valence electrons. The first-order valence-corrected chi connectivity index (χ1v) is 11.2. The Hall–Kier alpha value is -3.19. The van der Waals surface area contributed by atoms with Gasteiger partial charge in [-0.15, -0.1) is 0 Å². The summed E-state index contributed by atoms with van der Waals surface area (Å²) in [5.41, 5.74) is 5.79. The van der Waals surface area contributed by atoms with E-state index < -0.39 is 5.92 Å². The van der Waals surface area contributed by atoms with Crippen LogP contribution in [0.25, 0.3) is 0 Å². The predicted molar refractivity (Wildman–Crippen MR) is 125 cm³/mol. The molecule has 4 nitrogen and oxygen atoms in total. The maximum atomic E-state index is 13.4. The Morgan fingerprint density at radius 1 is 1.00 bits per heavy atom. The van der Waals surface area contributed by atoms with E-state index in [1.807, 2.05) is 25.1 Å². The fourth-order valence-corrected chi connectivity index (χ4v) is 5.03. The van der Waals surface area contributed by atoms with Crippen molar-refractivity contribution < 1.29 is 4.79 Å². The van der Waals surface area contributed by atoms with Crippen LogP contribution >= 0.6 is 0 Å². The summed E-state index contributed by atoms with van der Waals surface area (Å²) in [6.07, 6.45) is 1.22. The van der Waals surface area contributed by atoms with Crippen molar-refractivity contribution in [3.8, 4) is 6.07 Å². The Morgan fingerprint density at radius 2 is 1.68 bits per heavy atom. The van der Waals surface area contributed by atoms with Gasteiger partial charge in [-0.2, -0.15) is 5.26 Å². The number of hydrogen-bond donors (Lipinski definition) is 0. The number of carbonyl (C=O) groups excluding carboxylic acids is 1. The lowest BCUT2D eigenvalue weighted by atomic mass is 9.69. The molecule has 1 unspecified atom stereocenters. The lowest BCUT2D eigenvalue weighted by Gasteiger charge is -2.35. The number of carbonyl (C=O) groups is 1. The van der Waals surface area contributed by atoms with Gasteiger partial charge in [-0.05, 0) is 56.4 Å². The van der Waals surface area contributed by atoms with Crippen LogP contribution in [0.2, 0.25) is 0 Å². The molecule has 3 atom stereocenters. The molecule has 0 amide bonds. The van der Waals surface area contributed by atoms with E-state index in [0.717, 1.165) is 47.7 Å². The van der Waals surface area contributed by atoms with Crippen molar-refractivity contribution in [1.82, 2.24) is 0 Å². The number of benzene rings is 2. The van der Waals surface area contributed by atoms with Gasteiger partial charge >= 0.3 is 0 Å². The summed E-state index contributed by atoms with van der Waals surface area (Å²) >= 11 is 0. The second-order valence-electron chi connectivity index (χ2n) is 8.40. The Balaban J connectivity index is 1.73. The average Bonchev–Trinajstić information content (AvgIpc) is 2.80. The van der Waals surface area contributed by atoms with Crippen molar-refractivity contribution >= 4 is 17.2 Å². The zero-order chi connectivity index (χ0) is 22.0. The molecule has 0 saturated carbocycles. The molecule has 0 saturated heterocycles. The number of anilines is 1. The summed E-state index contributed by atoms with van der Waals surface area (Å²) in [6, 6.07) is 21.0. The minimum absolute atomic E-state index is 0.129. The van der Waals surface area contributed by atoms with E-state index in [2.05, 4.69) is 61.2 Å². The third kappa shape index (κ3) is 3.93. The number of ketones is 1. The smallest absolute Gasteiger partial charge is 0.161 e. The average molecular weight is 412 g/mol. The number of nitrogens with zero attached hydrogens (tertiary/aromatic N) is 3. The standard InChI is InChI=1S/C27H29N3O/c1-4-30(5-2)22-13-11-20(12-14-22)26-23(17-28)18(3)29-24-15-21(16-25(31)27(24)26)19-9-7-6-8-10-19/h6-14,21,23,26H,4-5,15-16H2,1-3H3/t21-,23?,26+/m0/s1. The molecule has 0 spiro atoms. The number of rotatable bonds is 5. The van der Waals surface area contributed by atoms with Gasteiger partial charge in [-0.25, -0.2) is 0 Å². The van der Waals surface area contributed by atoms with Gasteiger partial charge in [0.1, 0.15) is 0 Å². The number of allylic oxidation sites excluding steroid dienone is 2. The van der Waals surface area contributed by atoms with Gasteiger partial charge in [0.2, 0.25) is 0 Å². The largest absolute Gasteiger partial charge is 0.372 e. The van der Waals surface area contributed by atoms with E-state index >= 15 is 0 Å². The molecule has 0 aromatic heterocycles. The van der Waals surface area contributed by atoms with Gasteiger partial charge in [-0.1, -0.05) is 42.5 Å². The normalized spacial score (nSPS) is 23.1. The second kappa shape index (κ2) is 8.89. The predicted octanol–water partition coefficient (Wildman–Crippen LogP) is 5.63. The van der Waals surface area contributed by atoms with Crippen molar-refractivity contribution in [2.45, 2.75) is 45.4 Å². The molecule has 1 heterocycles. The van der Waals surface area contributed by atoms with E-state index in [1.165, 1.54) is 5.56 Å². The first-order chi connectivity index (χ1) is 15.1. The number of hydrogen-bond acceptors (Lipinski definition) is 4. The van der Waals surface area contributed by atoms with Crippen molar-refractivity contribution in [2.75, 3.05) is 18.0 Å². The van der Waals surface area contributed by atoms with Crippen LogP contribution in [0.3, 0.4) is 0 Å². The van der Waals surface area contributed by atoms with Crippen LogP contribution < -0.4 is 4.90 Å². The summed E-state index contributed by atoms with van der Waals surface area (Å²) in [5, 5.41) is 9.95. The molecular formula is C27H29N3O. The van der Waals surface area contributed by atoms with Crippen LogP contribution in [-0.4, -0.2) is 24.6 Å². The minimum atomic E-state index is -0.407. The highest BCUT2D eigenvalue weighted by atomic mass is 16.1. The van der Waals surface area contributed by atoms with E-state index in [1.54, 1.807) is 0 Å². The van der Waals surface area contributed by atoms with Crippen LogP contribution in [-0.2, 0) is 4.79 Å². The maximum Gasteiger partial charge on any atom is 0.161 e. The molecule has 4 rings (SSSR count). The van der Waals surface area contributed by atoms with Gasteiger partial charge in [-0.3, -0.25) is 9.79 Å². The molecule has 31 heavy (non-hydrogen) atoms. The topological polar surface area (TPSA) is 56.5 Å². The van der Waals surface area contributed by atoms with E-state index in [0.29, 0.717) is 6.42 Å². The minimum Gasteiger partial charge on any atom is -0.372 e. The highest BCUT2D eigenvalue weighted by Crippen LogP contribution is 2.46. The number of aliphatic imine (C=N–C) groups is 1. The third-order valence-electron chi connectivity index (χ3n) is 6.68. The third-order valence-corrected chi connectivity index (χ3v) is 6.68. The molecule has 4 heteroatoms. The molecule has 1 aliphatic carbocycles. The van der Waals surface area contributed by atoms with Crippen LogP contribution in [0, 0.1) is 17.2 Å². The molecular weight excluding hydrogens is 382 g/mol. The van der Waals surface area contributed by atoms with E-state index in [4.69, 9.17) is 4.99 Å². The van der Waals surface area contributed by atoms with Crippen LogP contribution in [0.5, 0.6) is 0 Å². The summed E-state index contributed by atoms with van der Waals surface area (Å²) in [4.78, 5) is 20.5. The molecule has 2 aliphatic rings. The second-order valence-corrected chi connectivity index (χ2v) is 8.40. The summed E-state index contributed by atoms with van der Waals surface area (Å²) in [7, 11) is 0. The zero-order valence-electron chi connectivity index (χ0n) is 18.5. The van der Waals surface area contributed by atoms with Crippen LogP contribution in [0.4, 0.5) is 5.69 Å². The van der Waals surface area contributed by atoms with Crippen molar-refractivity contribution in [1.29, 1.82) is 5.26 Å². The van der Waals surface area contributed by atoms with Gasteiger partial charge in [0, 0.05) is 48.1 Å². The lowest BCUT2D eigenvalue weighted by molar-refractivity contribution is -0.116. The van der Waals surface area contributed by atoms with Gasteiger partial charge in [0.05, 0.1) is 12.0 Å². The van der Waals surface area contributed by atoms with E-state index in [-0.39, 0.29) is 17.6 Å². The highest BCUT2D eigenvalue weighted by Gasteiger charge is 2.41. The Bertz CT molecular complexity index is 1060. The lowest BCUT2D eigenvalue weighted by Crippen LogP contribution is -2.32. The molecule has 0 N–H and O–H groups in total. The Morgan fingerprint density at radius 3 is 2.29 bits per heavy atom. The summed E-state index contributed by atoms with van der Waals surface area (Å²) in [5.74, 6) is -0.375. The van der Waals surface area contributed by atoms with Crippen molar-refractivity contribution in [2.24, 2.45) is 10.9 Å². The molecule has 0 bridgehead atoms. The summed E-state index contributed by atoms with van der Waals surface area (Å²) < 4.78 is 0. The van der Waals surface area contributed by atoms with Crippen molar-refractivity contribution in [3.05, 3.63) is 77.0 Å². The zero-order valence-corrected chi connectivity index (χ0v) is 18.5. The molecule has 1 aliphatic heterocycles.